The van der Waals surface area contributed by atoms with Crippen LogP contribution in [0.15, 0.2) is 30.3 Å². The highest BCUT2D eigenvalue weighted by molar-refractivity contribution is 7.98. The van der Waals surface area contributed by atoms with Gasteiger partial charge < -0.3 is 20.3 Å². The van der Waals surface area contributed by atoms with Crippen LogP contribution in [-0.2, 0) is 14.3 Å². The SMILES string of the molecule is CCCC(C)NC(=O)C(c1ccccc1)N(C(=O)C(CCSC)NC(=O)OC(C)(C)C)C(C)CCC(C)C. The second kappa shape index (κ2) is 16.7. The first-order valence-electron chi connectivity index (χ1n) is 14.0. The van der Waals surface area contributed by atoms with Crippen molar-refractivity contribution in [3.8, 4) is 0 Å². The molecule has 0 radical (unpaired) electrons. The van der Waals surface area contributed by atoms with Gasteiger partial charge in [0, 0.05) is 12.1 Å². The smallest absolute Gasteiger partial charge is 0.408 e. The molecule has 0 bridgehead atoms. The first-order valence-corrected chi connectivity index (χ1v) is 15.4. The lowest BCUT2D eigenvalue weighted by Crippen LogP contribution is -2.56. The Balaban J connectivity index is 3.53. The van der Waals surface area contributed by atoms with E-state index >= 15 is 0 Å². The number of carbonyl (C=O) groups is 3. The van der Waals surface area contributed by atoms with Crippen molar-refractivity contribution in [1.29, 1.82) is 0 Å². The van der Waals surface area contributed by atoms with E-state index < -0.39 is 23.8 Å². The van der Waals surface area contributed by atoms with Gasteiger partial charge in [-0.3, -0.25) is 9.59 Å². The van der Waals surface area contributed by atoms with Crippen LogP contribution in [0.25, 0.3) is 0 Å². The number of alkyl carbamates (subject to hydrolysis) is 1. The molecule has 0 fully saturated rings. The van der Waals surface area contributed by atoms with Gasteiger partial charge in [0.15, 0.2) is 0 Å². The zero-order valence-electron chi connectivity index (χ0n) is 25.0. The summed E-state index contributed by atoms with van der Waals surface area (Å²) in [4.78, 5) is 42.6. The zero-order chi connectivity index (χ0) is 28.9. The summed E-state index contributed by atoms with van der Waals surface area (Å²) in [6, 6.07) is 7.58. The minimum absolute atomic E-state index is 0.0196. The molecular formula is C30H51N3O4S. The third-order valence-corrected chi connectivity index (χ3v) is 6.89. The van der Waals surface area contributed by atoms with Crippen molar-refractivity contribution in [2.24, 2.45) is 5.92 Å². The van der Waals surface area contributed by atoms with Crippen LogP contribution < -0.4 is 10.6 Å². The number of ether oxygens (including phenoxy) is 1. The normalized spacial score (nSPS) is 14.8. The summed E-state index contributed by atoms with van der Waals surface area (Å²) in [5, 5.41) is 5.96. The van der Waals surface area contributed by atoms with E-state index in [0.29, 0.717) is 18.1 Å². The number of hydrogen-bond donors (Lipinski definition) is 2. The van der Waals surface area contributed by atoms with E-state index in [4.69, 9.17) is 4.74 Å². The summed E-state index contributed by atoms with van der Waals surface area (Å²) in [6.07, 6.45) is 5.21. The van der Waals surface area contributed by atoms with Gasteiger partial charge in [0.25, 0.3) is 0 Å². The van der Waals surface area contributed by atoms with Gasteiger partial charge in [-0.05, 0) is 83.8 Å². The highest BCUT2D eigenvalue weighted by atomic mass is 32.2. The lowest BCUT2D eigenvalue weighted by atomic mass is 9.96. The minimum Gasteiger partial charge on any atom is -0.444 e. The molecule has 4 unspecified atom stereocenters. The number of benzene rings is 1. The van der Waals surface area contributed by atoms with Gasteiger partial charge >= 0.3 is 6.09 Å². The van der Waals surface area contributed by atoms with Gasteiger partial charge in [-0.1, -0.05) is 57.5 Å². The number of hydrogen-bond acceptors (Lipinski definition) is 5. The second-order valence-corrected chi connectivity index (χ2v) is 12.5. The molecule has 38 heavy (non-hydrogen) atoms. The molecule has 0 saturated carbocycles. The maximum absolute atomic E-state index is 14.3. The Hall–Kier alpha value is -2.22. The number of nitrogens with one attached hydrogen (secondary N) is 2. The Morgan fingerprint density at radius 2 is 1.58 bits per heavy atom. The third-order valence-electron chi connectivity index (χ3n) is 6.24. The summed E-state index contributed by atoms with van der Waals surface area (Å²) >= 11 is 1.60. The van der Waals surface area contributed by atoms with E-state index in [0.717, 1.165) is 31.2 Å². The predicted molar refractivity (Wildman–Crippen MR) is 158 cm³/mol. The van der Waals surface area contributed by atoms with Crippen molar-refractivity contribution >= 4 is 29.7 Å². The van der Waals surface area contributed by atoms with E-state index in [2.05, 4.69) is 31.4 Å². The van der Waals surface area contributed by atoms with Crippen LogP contribution in [-0.4, -0.2) is 58.5 Å². The molecule has 1 aromatic rings. The van der Waals surface area contributed by atoms with Gasteiger partial charge in [0.2, 0.25) is 11.8 Å². The molecule has 1 aromatic carbocycles. The fraction of sp³-hybridized carbons (Fsp3) is 0.700. The van der Waals surface area contributed by atoms with Gasteiger partial charge in [0.05, 0.1) is 0 Å². The fourth-order valence-corrected chi connectivity index (χ4v) is 4.81. The fourth-order valence-electron chi connectivity index (χ4n) is 4.34. The summed E-state index contributed by atoms with van der Waals surface area (Å²) in [5.41, 5.74) is 0.0582. The molecule has 0 aromatic heterocycles. The second-order valence-electron chi connectivity index (χ2n) is 11.6. The van der Waals surface area contributed by atoms with Crippen molar-refractivity contribution in [3.63, 3.8) is 0 Å². The Morgan fingerprint density at radius 1 is 0.947 bits per heavy atom. The maximum Gasteiger partial charge on any atom is 0.408 e. The predicted octanol–water partition coefficient (Wildman–Crippen LogP) is 6.33. The molecule has 0 heterocycles. The molecule has 1 rings (SSSR count). The standard InChI is InChI=1S/C30H51N3O4S/c1-10-14-22(4)31-27(34)26(24-15-12-11-13-16-24)33(23(5)18-17-21(2)3)28(35)25(19-20-38-9)32-29(36)37-30(6,7)8/h11-13,15-16,21-23,25-26H,10,14,17-20H2,1-9H3,(H,31,34)(H,32,36). The average Bonchev–Trinajstić information content (AvgIpc) is 2.82. The van der Waals surface area contributed by atoms with Gasteiger partial charge in [-0.15, -0.1) is 0 Å². The van der Waals surface area contributed by atoms with Crippen LogP contribution in [0.5, 0.6) is 0 Å². The maximum atomic E-state index is 14.3. The molecular weight excluding hydrogens is 498 g/mol. The number of rotatable bonds is 15. The van der Waals surface area contributed by atoms with E-state index in [1.54, 1.807) is 37.4 Å². The highest BCUT2D eigenvalue weighted by Crippen LogP contribution is 2.28. The molecule has 8 heteroatoms. The van der Waals surface area contributed by atoms with Crippen LogP contribution in [0.1, 0.15) is 99.1 Å². The van der Waals surface area contributed by atoms with Crippen LogP contribution in [0.3, 0.4) is 0 Å². The first-order chi connectivity index (χ1) is 17.8. The van der Waals surface area contributed by atoms with Crippen molar-refractivity contribution in [1.82, 2.24) is 15.5 Å². The van der Waals surface area contributed by atoms with Crippen LogP contribution in [0.2, 0.25) is 0 Å². The molecule has 7 nitrogen and oxygen atoms in total. The molecule has 4 atom stereocenters. The third kappa shape index (κ3) is 12.1. The molecule has 0 aliphatic heterocycles. The zero-order valence-corrected chi connectivity index (χ0v) is 25.8. The Kier molecular flexibility index (Phi) is 14.8. The number of thioether (sulfide) groups is 1. The van der Waals surface area contributed by atoms with Crippen molar-refractivity contribution < 1.29 is 19.1 Å². The molecule has 0 spiro atoms. The summed E-state index contributed by atoms with van der Waals surface area (Å²) < 4.78 is 5.48. The van der Waals surface area contributed by atoms with E-state index in [-0.39, 0.29) is 23.9 Å². The van der Waals surface area contributed by atoms with Crippen LogP contribution >= 0.6 is 11.8 Å². The number of carbonyl (C=O) groups excluding carboxylic acids is 3. The van der Waals surface area contributed by atoms with Gasteiger partial charge in [-0.25, -0.2) is 4.79 Å². The topological polar surface area (TPSA) is 87.7 Å². The van der Waals surface area contributed by atoms with E-state index in [1.807, 2.05) is 50.4 Å². The molecule has 216 valence electrons. The van der Waals surface area contributed by atoms with Crippen molar-refractivity contribution in [2.75, 3.05) is 12.0 Å². The summed E-state index contributed by atoms with van der Waals surface area (Å²) in [6.45, 7) is 15.7. The number of amides is 3. The van der Waals surface area contributed by atoms with E-state index in [1.165, 1.54) is 0 Å². The highest BCUT2D eigenvalue weighted by Gasteiger charge is 2.39. The van der Waals surface area contributed by atoms with E-state index in [9.17, 15) is 14.4 Å². The monoisotopic (exact) mass is 549 g/mol. The molecule has 0 aliphatic carbocycles. The summed E-state index contributed by atoms with van der Waals surface area (Å²) in [7, 11) is 0. The first kappa shape index (κ1) is 33.8. The lowest BCUT2D eigenvalue weighted by Gasteiger charge is -2.39. The Morgan fingerprint density at radius 3 is 2.11 bits per heavy atom. The lowest BCUT2D eigenvalue weighted by molar-refractivity contribution is -0.145. The summed E-state index contributed by atoms with van der Waals surface area (Å²) in [5.74, 6) is 0.655. The van der Waals surface area contributed by atoms with Gasteiger partial charge in [0.1, 0.15) is 17.7 Å². The van der Waals surface area contributed by atoms with Crippen LogP contribution in [0, 0.1) is 5.92 Å². The van der Waals surface area contributed by atoms with Crippen molar-refractivity contribution in [3.05, 3.63) is 35.9 Å². The largest absolute Gasteiger partial charge is 0.444 e. The molecule has 0 aliphatic rings. The average molecular weight is 550 g/mol. The van der Waals surface area contributed by atoms with Crippen LogP contribution in [0.4, 0.5) is 4.79 Å². The molecule has 2 N–H and O–H groups in total. The Bertz CT molecular complexity index is 857. The minimum atomic E-state index is -0.817. The van der Waals surface area contributed by atoms with Crippen molar-refractivity contribution in [2.45, 2.75) is 117 Å². The van der Waals surface area contributed by atoms with Gasteiger partial charge in [-0.2, -0.15) is 11.8 Å². The molecule has 3 amide bonds. The number of nitrogens with zero attached hydrogens (tertiary/aromatic N) is 1. The Labute approximate surface area is 235 Å². The molecule has 0 saturated heterocycles. The quantitative estimate of drug-likeness (QED) is 0.267.